The Bertz CT molecular complexity index is 1410. The molecule has 0 radical (unpaired) electrons. The third-order valence-corrected chi connectivity index (χ3v) is 8.07. The lowest BCUT2D eigenvalue weighted by atomic mass is 9.52. The van der Waals surface area contributed by atoms with Crippen molar-refractivity contribution in [2.75, 3.05) is 7.11 Å². The summed E-state index contributed by atoms with van der Waals surface area (Å²) in [4.78, 5) is 3.28. The van der Waals surface area contributed by atoms with Crippen molar-refractivity contribution in [1.29, 1.82) is 0 Å². The Hall–Kier alpha value is -3.20. The Morgan fingerprint density at radius 2 is 1.53 bits per heavy atom. The van der Waals surface area contributed by atoms with Gasteiger partial charge in [0.05, 0.1) is 7.11 Å². The van der Waals surface area contributed by atoms with Gasteiger partial charge in [0.1, 0.15) is 11.5 Å². The number of aromatic hydroxyl groups is 1. The van der Waals surface area contributed by atoms with Crippen molar-refractivity contribution >= 4 is 10.8 Å². The van der Waals surface area contributed by atoms with E-state index in [1.807, 2.05) is 18.3 Å². The summed E-state index contributed by atoms with van der Waals surface area (Å²) in [6.45, 7) is 9.62. The number of ether oxygens (including phenoxy) is 1. The maximum atomic E-state index is 11.4. The van der Waals surface area contributed by atoms with E-state index < -0.39 is 0 Å². The largest absolute Gasteiger partial charge is 0.507 e. The van der Waals surface area contributed by atoms with Gasteiger partial charge in [-0.15, -0.1) is 0 Å². The van der Waals surface area contributed by atoms with Crippen LogP contribution in [0.4, 0.5) is 0 Å². The molecule has 4 aromatic rings. The summed E-state index contributed by atoms with van der Waals surface area (Å²) in [5.41, 5.74) is 7.47. The summed E-state index contributed by atoms with van der Waals surface area (Å²) < 4.78 is 5.87. The van der Waals surface area contributed by atoms with Crippen molar-refractivity contribution in [2.45, 2.75) is 52.4 Å². The summed E-state index contributed by atoms with van der Waals surface area (Å²) in [5.74, 6) is 1.16. The molecular weight excluding hydrogens is 418 g/mol. The monoisotopic (exact) mass is 451 g/mol. The first-order valence-electron chi connectivity index (χ1n) is 12.3. The van der Waals surface area contributed by atoms with Crippen LogP contribution in [0.2, 0.25) is 0 Å². The third-order valence-electron chi connectivity index (χ3n) is 8.07. The van der Waals surface area contributed by atoms with Crippen LogP contribution in [0.5, 0.6) is 11.5 Å². The fraction of sp³-hybridized carbons (Fsp3) is 0.355. The average molecular weight is 452 g/mol. The van der Waals surface area contributed by atoms with Gasteiger partial charge in [-0.25, -0.2) is 0 Å². The van der Waals surface area contributed by atoms with Gasteiger partial charge in [0.15, 0.2) is 0 Å². The molecule has 0 saturated heterocycles. The number of aromatic nitrogens is 1. The number of hydrogen-bond donors (Lipinski definition) is 2. The van der Waals surface area contributed by atoms with Gasteiger partial charge in [0.2, 0.25) is 0 Å². The predicted molar refractivity (Wildman–Crippen MR) is 140 cm³/mol. The van der Waals surface area contributed by atoms with Gasteiger partial charge >= 0.3 is 0 Å². The number of hydrogen-bond acceptors (Lipinski definition) is 2. The molecule has 2 N–H and O–H groups in total. The minimum Gasteiger partial charge on any atom is -0.507 e. The molecule has 0 unspecified atom stereocenters. The molecule has 0 bridgehead atoms. The van der Waals surface area contributed by atoms with Gasteiger partial charge in [-0.1, -0.05) is 52.0 Å². The molecule has 34 heavy (non-hydrogen) atoms. The molecule has 3 heteroatoms. The van der Waals surface area contributed by atoms with Gasteiger partial charge in [-0.2, -0.15) is 0 Å². The topological polar surface area (TPSA) is 45.2 Å². The highest BCUT2D eigenvalue weighted by molar-refractivity contribution is 6.07. The van der Waals surface area contributed by atoms with Crippen LogP contribution in [-0.4, -0.2) is 17.2 Å². The summed E-state index contributed by atoms with van der Waals surface area (Å²) in [6, 6.07) is 19.2. The second-order valence-corrected chi connectivity index (χ2v) is 12.0. The molecule has 1 aromatic heterocycles. The molecule has 2 aliphatic carbocycles. The molecule has 1 heterocycles. The lowest BCUT2D eigenvalue weighted by Gasteiger charge is -2.51. The number of rotatable bonds is 2. The molecule has 0 aliphatic heterocycles. The zero-order chi connectivity index (χ0) is 23.9. The Kier molecular flexibility index (Phi) is 4.34. The van der Waals surface area contributed by atoms with Crippen LogP contribution >= 0.6 is 0 Å². The number of phenolic OH excluding ortho intramolecular Hbond substituents is 1. The molecule has 3 aromatic carbocycles. The molecule has 174 valence electrons. The summed E-state index contributed by atoms with van der Waals surface area (Å²) in [6.07, 6.45) is 5.27. The standard InChI is InChI=1S/C31H33NO2/c1-29(2)16-30(3,4)18-31(17-29)23-10-7-6-9-19(23)28-21-14-27(34-5)22(25-11-8-12-32-25)13-20(21)26(33)15-24(28)31/h6-15,32-33H,16-18H2,1-5H3. The number of methoxy groups -OCH3 is 1. The number of nitrogens with one attached hydrogen (secondary N) is 1. The molecule has 6 rings (SSSR count). The molecule has 3 nitrogen and oxygen atoms in total. The second kappa shape index (κ2) is 6.91. The van der Waals surface area contributed by atoms with Crippen LogP contribution < -0.4 is 4.74 Å². The van der Waals surface area contributed by atoms with Gasteiger partial charge in [-0.05, 0) is 88.1 Å². The number of phenols is 1. The van der Waals surface area contributed by atoms with E-state index in [2.05, 4.69) is 75.1 Å². The molecule has 1 saturated carbocycles. The molecule has 0 amide bonds. The normalized spacial score (nSPS) is 19.2. The van der Waals surface area contributed by atoms with E-state index in [-0.39, 0.29) is 16.2 Å². The van der Waals surface area contributed by atoms with E-state index in [0.717, 1.165) is 40.6 Å². The number of H-pyrrole nitrogens is 1. The van der Waals surface area contributed by atoms with Crippen molar-refractivity contribution in [2.24, 2.45) is 10.8 Å². The van der Waals surface area contributed by atoms with E-state index >= 15 is 0 Å². The lowest BCUT2D eigenvalue weighted by Crippen LogP contribution is -2.43. The predicted octanol–water partition coefficient (Wildman–Crippen LogP) is 8.05. The van der Waals surface area contributed by atoms with Crippen molar-refractivity contribution < 1.29 is 9.84 Å². The molecule has 0 atom stereocenters. The van der Waals surface area contributed by atoms with Crippen LogP contribution in [0.1, 0.15) is 58.1 Å². The van der Waals surface area contributed by atoms with E-state index in [1.54, 1.807) is 7.11 Å². The lowest BCUT2D eigenvalue weighted by molar-refractivity contribution is 0.0645. The van der Waals surface area contributed by atoms with E-state index in [0.29, 0.717) is 5.75 Å². The van der Waals surface area contributed by atoms with Crippen LogP contribution in [0, 0.1) is 10.8 Å². The first-order chi connectivity index (χ1) is 16.1. The van der Waals surface area contributed by atoms with Gasteiger partial charge < -0.3 is 14.8 Å². The second-order valence-electron chi connectivity index (χ2n) is 12.0. The quantitative estimate of drug-likeness (QED) is 0.324. The van der Waals surface area contributed by atoms with Gasteiger partial charge in [0.25, 0.3) is 0 Å². The van der Waals surface area contributed by atoms with Crippen LogP contribution in [0.3, 0.4) is 0 Å². The maximum absolute atomic E-state index is 11.4. The smallest absolute Gasteiger partial charge is 0.128 e. The zero-order valence-corrected chi connectivity index (χ0v) is 20.8. The fourth-order valence-electron chi connectivity index (χ4n) is 7.74. The minimum atomic E-state index is -0.103. The van der Waals surface area contributed by atoms with Crippen molar-refractivity contribution in [3.05, 3.63) is 71.9 Å². The van der Waals surface area contributed by atoms with Crippen LogP contribution in [0.25, 0.3) is 33.2 Å². The first-order valence-corrected chi connectivity index (χ1v) is 12.3. The zero-order valence-electron chi connectivity index (χ0n) is 20.8. The van der Waals surface area contributed by atoms with Crippen molar-refractivity contribution in [3.8, 4) is 33.9 Å². The third kappa shape index (κ3) is 2.95. The maximum Gasteiger partial charge on any atom is 0.128 e. The van der Waals surface area contributed by atoms with E-state index in [4.69, 9.17) is 4.74 Å². The minimum absolute atomic E-state index is 0.103. The van der Waals surface area contributed by atoms with Crippen LogP contribution in [-0.2, 0) is 5.41 Å². The van der Waals surface area contributed by atoms with Gasteiger partial charge in [-0.3, -0.25) is 0 Å². The SMILES string of the molecule is COc1cc2c3c(cc(O)c2cc1-c1ccc[nH]1)C1(CC(C)(C)CC(C)(C)C1)c1ccccc1-3. The number of aromatic amines is 1. The van der Waals surface area contributed by atoms with Crippen molar-refractivity contribution in [3.63, 3.8) is 0 Å². The molecule has 1 spiro atoms. The van der Waals surface area contributed by atoms with Crippen LogP contribution in [0.15, 0.2) is 60.8 Å². The summed E-state index contributed by atoms with van der Waals surface area (Å²) in [5, 5.41) is 13.4. The molecular formula is C31H33NO2. The average Bonchev–Trinajstić information content (AvgIpc) is 3.38. The molecule has 1 fully saturated rings. The van der Waals surface area contributed by atoms with Crippen molar-refractivity contribution in [1.82, 2.24) is 4.98 Å². The summed E-state index contributed by atoms with van der Waals surface area (Å²) >= 11 is 0. The summed E-state index contributed by atoms with van der Waals surface area (Å²) in [7, 11) is 1.72. The number of benzene rings is 3. The Balaban J connectivity index is 1.70. The van der Waals surface area contributed by atoms with E-state index in [9.17, 15) is 5.11 Å². The highest BCUT2D eigenvalue weighted by Crippen LogP contribution is 2.64. The number of fused-ring (bicyclic) bond motifs is 7. The Labute approximate surface area is 201 Å². The van der Waals surface area contributed by atoms with Gasteiger partial charge in [0, 0.05) is 28.3 Å². The Morgan fingerprint density at radius 1 is 0.794 bits per heavy atom. The van der Waals surface area contributed by atoms with E-state index in [1.165, 1.54) is 28.7 Å². The highest BCUT2D eigenvalue weighted by atomic mass is 16.5. The fourth-order valence-corrected chi connectivity index (χ4v) is 7.74. The molecule has 2 aliphatic rings. The first kappa shape index (κ1) is 21.3. The Morgan fingerprint density at radius 3 is 2.21 bits per heavy atom. The highest BCUT2D eigenvalue weighted by Gasteiger charge is 2.53.